The summed E-state index contributed by atoms with van der Waals surface area (Å²) in [4.78, 5) is 28.2. The lowest BCUT2D eigenvalue weighted by Crippen LogP contribution is -2.31. The molecular formula is C18H20FN3O3. The SMILES string of the molecule is CC[C@H]1O[C@@H](n2ccc(NC(=O)c3ccccc3)nc2=O)[C@H](F)[C@@H]1C. The Bertz CT molecular complexity index is 809. The number of halogens is 1. The highest BCUT2D eigenvalue weighted by Gasteiger charge is 2.42. The van der Waals surface area contributed by atoms with Crippen LogP contribution in [0.15, 0.2) is 47.4 Å². The molecule has 1 aromatic heterocycles. The Labute approximate surface area is 144 Å². The van der Waals surface area contributed by atoms with Crippen LogP contribution >= 0.6 is 0 Å². The van der Waals surface area contributed by atoms with Gasteiger partial charge in [0, 0.05) is 17.7 Å². The maximum atomic E-state index is 14.4. The van der Waals surface area contributed by atoms with Crippen LogP contribution in [0.1, 0.15) is 36.9 Å². The fraction of sp³-hybridized carbons (Fsp3) is 0.389. The molecule has 25 heavy (non-hydrogen) atoms. The van der Waals surface area contributed by atoms with Crippen molar-refractivity contribution in [3.8, 4) is 0 Å². The first-order valence-corrected chi connectivity index (χ1v) is 8.26. The number of nitrogens with zero attached hydrogens (tertiary/aromatic N) is 2. The highest BCUT2D eigenvalue weighted by Crippen LogP contribution is 2.36. The Balaban J connectivity index is 1.78. The Morgan fingerprint density at radius 2 is 2.04 bits per heavy atom. The van der Waals surface area contributed by atoms with E-state index in [0.29, 0.717) is 12.0 Å². The van der Waals surface area contributed by atoms with Gasteiger partial charge in [-0.25, -0.2) is 9.18 Å². The molecule has 0 bridgehead atoms. The van der Waals surface area contributed by atoms with E-state index < -0.39 is 18.1 Å². The van der Waals surface area contributed by atoms with Gasteiger partial charge in [-0.1, -0.05) is 32.0 Å². The van der Waals surface area contributed by atoms with Crippen LogP contribution < -0.4 is 11.0 Å². The topological polar surface area (TPSA) is 73.2 Å². The monoisotopic (exact) mass is 345 g/mol. The largest absolute Gasteiger partial charge is 0.351 e. The molecule has 1 fully saturated rings. The van der Waals surface area contributed by atoms with Crippen molar-refractivity contribution >= 4 is 11.7 Å². The summed E-state index contributed by atoms with van der Waals surface area (Å²) >= 11 is 0. The van der Waals surface area contributed by atoms with Crippen LogP contribution in [0.3, 0.4) is 0 Å². The standard InChI is InChI=1S/C18H20FN3O3/c1-3-13-11(2)15(19)17(25-13)22-10-9-14(21-18(22)24)20-16(23)12-7-5-4-6-8-12/h4-11,13,15,17H,3H2,1-2H3,(H,20,21,23,24)/t11-,13-,15-,17-/m1/s1. The molecule has 0 unspecified atom stereocenters. The zero-order valence-electron chi connectivity index (χ0n) is 14.1. The number of nitrogens with one attached hydrogen (secondary N) is 1. The fourth-order valence-corrected chi connectivity index (χ4v) is 2.98. The molecule has 1 aliphatic rings. The molecule has 1 aromatic carbocycles. The molecule has 1 amide bonds. The number of alkyl halides is 1. The summed E-state index contributed by atoms with van der Waals surface area (Å²) in [5.41, 5.74) is -0.210. The zero-order valence-corrected chi connectivity index (χ0v) is 14.1. The summed E-state index contributed by atoms with van der Waals surface area (Å²) in [6.07, 6.45) is -0.430. The molecule has 3 rings (SSSR count). The second-order valence-corrected chi connectivity index (χ2v) is 6.10. The summed E-state index contributed by atoms with van der Waals surface area (Å²) in [5.74, 6) is -0.548. The number of benzene rings is 1. The number of ether oxygens (including phenoxy) is 1. The van der Waals surface area contributed by atoms with Gasteiger partial charge in [-0.2, -0.15) is 4.98 Å². The summed E-state index contributed by atoms with van der Waals surface area (Å²) < 4.78 is 21.2. The first kappa shape index (κ1) is 17.3. The van der Waals surface area contributed by atoms with Gasteiger partial charge in [0.1, 0.15) is 5.82 Å². The molecule has 0 spiro atoms. The van der Waals surface area contributed by atoms with E-state index in [0.717, 1.165) is 4.57 Å². The van der Waals surface area contributed by atoms with E-state index in [4.69, 9.17) is 4.74 Å². The van der Waals surface area contributed by atoms with E-state index in [2.05, 4.69) is 10.3 Å². The van der Waals surface area contributed by atoms with E-state index in [1.54, 1.807) is 37.3 Å². The average molecular weight is 345 g/mol. The molecule has 1 N–H and O–H groups in total. The molecule has 132 valence electrons. The lowest BCUT2D eigenvalue weighted by atomic mass is 10.00. The van der Waals surface area contributed by atoms with Crippen LogP contribution in [0, 0.1) is 5.92 Å². The van der Waals surface area contributed by atoms with Crippen molar-refractivity contribution in [2.45, 2.75) is 38.8 Å². The van der Waals surface area contributed by atoms with E-state index in [1.165, 1.54) is 12.3 Å². The quantitative estimate of drug-likeness (QED) is 0.925. The second kappa shape index (κ2) is 7.14. The van der Waals surface area contributed by atoms with Gasteiger partial charge in [-0.3, -0.25) is 9.36 Å². The lowest BCUT2D eigenvalue weighted by molar-refractivity contribution is -0.0235. The van der Waals surface area contributed by atoms with Crippen LogP contribution in [0.5, 0.6) is 0 Å². The third-order valence-electron chi connectivity index (χ3n) is 4.46. The average Bonchev–Trinajstić information content (AvgIpc) is 2.91. The van der Waals surface area contributed by atoms with Crippen molar-refractivity contribution < 1.29 is 13.9 Å². The van der Waals surface area contributed by atoms with Crippen molar-refractivity contribution in [2.24, 2.45) is 5.92 Å². The van der Waals surface area contributed by atoms with Gasteiger partial charge in [0.25, 0.3) is 5.91 Å². The van der Waals surface area contributed by atoms with Crippen LogP contribution in [0.25, 0.3) is 0 Å². The molecule has 0 radical (unpaired) electrons. The Kier molecular flexibility index (Phi) is 4.94. The Morgan fingerprint density at radius 3 is 2.64 bits per heavy atom. The van der Waals surface area contributed by atoms with E-state index in [9.17, 15) is 14.0 Å². The molecule has 6 nitrogen and oxygen atoms in total. The minimum Gasteiger partial charge on any atom is -0.351 e. The molecule has 1 saturated heterocycles. The molecule has 0 saturated carbocycles. The maximum absolute atomic E-state index is 14.4. The Morgan fingerprint density at radius 1 is 1.32 bits per heavy atom. The van der Waals surface area contributed by atoms with Gasteiger partial charge < -0.3 is 10.1 Å². The number of amides is 1. The number of carbonyl (C=O) groups excluding carboxylic acids is 1. The Hall–Kier alpha value is -2.54. The molecule has 7 heteroatoms. The first-order chi connectivity index (χ1) is 12.0. The van der Waals surface area contributed by atoms with Crippen molar-refractivity contribution in [2.75, 3.05) is 5.32 Å². The normalized spacial score (nSPS) is 25.7. The predicted molar refractivity (Wildman–Crippen MR) is 91.2 cm³/mol. The van der Waals surface area contributed by atoms with Crippen molar-refractivity contribution in [1.29, 1.82) is 0 Å². The summed E-state index contributed by atoms with van der Waals surface area (Å²) in [7, 11) is 0. The number of hydrogen-bond acceptors (Lipinski definition) is 4. The lowest BCUT2D eigenvalue weighted by Gasteiger charge is -2.16. The van der Waals surface area contributed by atoms with Crippen molar-refractivity contribution in [3.63, 3.8) is 0 Å². The third-order valence-corrected chi connectivity index (χ3v) is 4.46. The molecule has 2 heterocycles. The minimum absolute atomic E-state index is 0.114. The molecule has 2 aromatic rings. The van der Waals surface area contributed by atoms with Gasteiger partial charge in [0.05, 0.1) is 6.10 Å². The number of anilines is 1. The molecule has 0 aliphatic carbocycles. The van der Waals surface area contributed by atoms with Crippen LogP contribution in [0.2, 0.25) is 0 Å². The smallest absolute Gasteiger partial charge is 0.351 e. The summed E-state index contributed by atoms with van der Waals surface area (Å²) in [6, 6.07) is 10.1. The molecule has 1 aliphatic heterocycles. The number of hydrogen-bond donors (Lipinski definition) is 1. The highest BCUT2D eigenvalue weighted by molar-refractivity contribution is 6.03. The zero-order chi connectivity index (χ0) is 18.0. The van der Waals surface area contributed by atoms with Gasteiger partial charge in [-0.15, -0.1) is 0 Å². The number of carbonyl (C=O) groups is 1. The van der Waals surface area contributed by atoms with Crippen molar-refractivity contribution in [3.05, 3.63) is 58.6 Å². The fourth-order valence-electron chi connectivity index (χ4n) is 2.98. The second-order valence-electron chi connectivity index (χ2n) is 6.10. The van der Waals surface area contributed by atoms with Gasteiger partial charge >= 0.3 is 5.69 Å². The molecular weight excluding hydrogens is 325 g/mol. The molecule has 4 atom stereocenters. The first-order valence-electron chi connectivity index (χ1n) is 8.26. The van der Waals surface area contributed by atoms with Gasteiger partial charge in [-0.05, 0) is 24.6 Å². The van der Waals surface area contributed by atoms with Crippen molar-refractivity contribution in [1.82, 2.24) is 9.55 Å². The summed E-state index contributed by atoms with van der Waals surface area (Å²) in [6.45, 7) is 3.69. The third kappa shape index (κ3) is 3.46. The van der Waals surface area contributed by atoms with E-state index in [1.807, 2.05) is 6.92 Å². The van der Waals surface area contributed by atoms with E-state index >= 15 is 0 Å². The maximum Gasteiger partial charge on any atom is 0.351 e. The highest BCUT2D eigenvalue weighted by atomic mass is 19.1. The summed E-state index contributed by atoms with van der Waals surface area (Å²) in [5, 5.41) is 2.56. The van der Waals surface area contributed by atoms with Crippen LogP contribution in [-0.4, -0.2) is 27.7 Å². The van der Waals surface area contributed by atoms with Crippen LogP contribution in [-0.2, 0) is 4.74 Å². The predicted octanol–water partition coefficient (Wildman–Crippen LogP) is 2.78. The minimum atomic E-state index is -1.28. The number of rotatable bonds is 4. The van der Waals surface area contributed by atoms with Gasteiger partial charge in [0.15, 0.2) is 12.4 Å². The van der Waals surface area contributed by atoms with E-state index in [-0.39, 0.29) is 23.7 Å². The number of aromatic nitrogens is 2. The van der Waals surface area contributed by atoms with Crippen LogP contribution in [0.4, 0.5) is 10.2 Å². The van der Waals surface area contributed by atoms with Gasteiger partial charge in [0.2, 0.25) is 0 Å².